The molecule has 2 nitrogen and oxygen atoms in total. The third-order valence-electron chi connectivity index (χ3n) is 5.02. The van der Waals surface area contributed by atoms with Crippen molar-refractivity contribution in [3.63, 3.8) is 0 Å². The van der Waals surface area contributed by atoms with Crippen molar-refractivity contribution in [2.75, 3.05) is 5.01 Å². The highest BCUT2D eigenvalue weighted by Gasteiger charge is 2.26. The predicted molar refractivity (Wildman–Crippen MR) is 121 cm³/mol. The van der Waals surface area contributed by atoms with Gasteiger partial charge in [0.15, 0.2) is 0 Å². The second-order valence-corrected chi connectivity index (χ2v) is 8.93. The lowest BCUT2D eigenvalue weighted by molar-refractivity contribution is 0.589. The summed E-state index contributed by atoms with van der Waals surface area (Å²) >= 11 is 1.72. The number of anilines is 1. The van der Waals surface area contributed by atoms with Crippen LogP contribution in [0, 0.1) is 0 Å². The molecule has 1 aliphatic rings. The van der Waals surface area contributed by atoms with Gasteiger partial charge in [0.25, 0.3) is 0 Å². The van der Waals surface area contributed by atoms with Gasteiger partial charge in [-0.1, -0.05) is 69.3 Å². The summed E-state index contributed by atoms with van der Waals surface area (Å²) in [7, 11) is 0. The van der Waals surface area contributed by atoms with Crippen LogP contribution in [-0.2, 0) is 5.41 Å². The molecular weight excluding hydrogens is 360 g/mol. The Kier molecular flexibility index (Phi) is 5.10. The molecule has 1 aliphatic heterocycles. The molecule has 28 heavy (non-hydrogen) atoms. The number of hydrazine groups is 1. The maximum Gasteiger partial charge on any atom is 0.0958 e. The lowest BCUT2D eigenvalue weighted by Gasteiger charge is -2.28. The van der Waals surface area contributed by atoms with Gasteiger partial charge < -0.3 is 0 Å². The van der Waals surface area contributed by atoms with Gasteiger partial charge in [-0.25, -0.2) is 0 Å². The largest absolute Gasteiger partial charge is 0.298 e. The fourth-order valence-corrected chi connectivity index (χ4v) is 4.01. The molecule has 0 amide bonds. The van der Waals surface area contributed by atoms with Crippen molar-refractivity contribution in [2.45, 2.75) is 32.2 Å². The summed E-state index contributed by atoms with van der Waals surface area (Å²) in [4.78, 5) is 0. The summed E-state index contributed by atoms with van der Waals surface area (Å²) in [5, 5.41) is 6.50. The summed E-state index contributed by atoms with van der Waals surface area (Å²) in [5.41, 5.74) is 9.87. The molecule has 2 aromatic carbocycles. The van der Waals surface area contributed by atoms with Crippen molar-refractivity contribution in [1.82, 2.24) is 5.43 Å². The highest BCUT2D eigenvalue weighted by molar-refractivity contribution is 7.08. The maximum atomic E-state index is 3.57. The molecule has 0 radical (unpaired) electrons. The minimum Gasteiger partial charge on any atom is -0.298 e. The Balaban J connectivity index is 1.65. The Morgan fingerprint density at radius 2 is 1.68 bits per heavy atom. The van der Waals surface area contributed by atoms with Crippen molar-refractivity contribution in [2.24, 2.45) is 0 Å². The Labute approximate surface area is 171 Å². The van der Waals surface area contributed by atoms with E-state index in [9.17, 15) is 0 Å². The molecule has 2 heterocycles. The minimum atomic E-state index is 0.151. The summed E-state index contributed by atoms with van der Waals surface area (Å²) < 4.78 is 0. The number of hydrogen-bond acceptors (Lipinski definition) is 3. The molecule has 1 unspecified atom stereocenters. The van der Waals surface area contributed by atoms with Crippen molar-refractivity contribution in [3.05, 3.63) is 106 Å². The van der Waals surface area contributed by atoms with Crippen LogP contribution in [0.25, 0.3) is 6.08 Å². The molecule has 0 saturated heterocycles. The van der Waals surface area contributed by atoms with Crippen LogP contribution in [0.1, 0.15) is 43.5 Å². The Morgan fingerprint density at radius 1 is 0.929 bits per heavy atom. The second-order valence-electron chi connectivity index (χ2n) is 8.15. The van der Waals surface area contributed by atoms with E-state index in [0.29, 0.717) is 0 Å². The van der Waals surface area contributed by atoms with E-state index in [1.54, 1.807) is 11.3 Å². The smallest absolute Gasteiger partial charge is 0.0958 e. The SMILES string of the molecule is CC(C)(C)c1ccc(C2C=C(C=Cc3ccsc3)NN2c2ccccc2)cc1. The van der Waals surface area contributed by atoms with Gasteiger partial charge in [0.2, 0.25) is 0 Å². The summed E-state index contributed by atoms with van der Waals surface area (Å²) in [6, 6.07) is 21.8. The van der Waals surface area contributed by atoms with E-state index < -0.39 is 0 Å². The normalized spacial score (nSPS) is 17.0. The molecule has 0 saturated carbocycles. The van der Waals surface area contributed by atoms with Crippen LogP contribution < -0.4 is 10.4 Å². The summed E-state index contributed by atoms with van der Waals surface area (Å²) in [6.45, 7) is 6.76. The molecular formula is C25H26N2S. The fourth-order valence-electron chi connectivity index (χ4n) is 3.38. The Hall–Kier alpha value is -2.78. The average molecular weight is 387 g/mol. The van der Waals surface area contributed by atoms with Crippen molar-refractivity contribution >= 4 is 23.1 Å². The van der Waals surface area contributed by atoms with E-state index >= 15 is 0 Å². The van der Waals surface area contributed by atoms with Crippen molar-refractivity contribution < 1.29 is 0 Å². The van der Waals surface area contributed by atoms with Gasteiger partial charge in [0, 0.05) is 0 Å². The van der Waals surface area contributed by atoms with E-state index in [1.165, 1.54) is 16.7 Å². The standard InChI is InChI=1S/C25H26N2S/c1-25(2,3)21-12-10-20(11-13-21)24-17-22(14-9-19-15-16-28-18-19)26-27(24)23-7-5-4-6-8-23/h4-18,24,26H,1-3H3. The molecule has 0 bridgehead atoms. The summed E-state index contributed by atoms with van der Waals surface area (Å²) in [5.74, 6) is 0. The predicted octanol–water partition coefficient (Wildman–Crippen LogP) is 6.71. The molecule has 142 valence electrons. The monoisotopic (exact) mass is 386 g/mol. The third-order valence-corrected chi connectivity index (χ3v) is 5.72. The molecule has 0 spiro atoms. The first-order valence-electron chi connectivity index (χ1n) is 9.64. The Bertz CT molecular complexity index is 962. The van der Waals surface area contributed by atoms with Gasteiger partial charge in [-0.05, 0) is 63.2 Å². The summed E-state index contributed by atoms with van der Waals surface area (Å²) in [6.07, 6.45) is 6.60. The van der Waals surface area contributed by atoms with E-state index in [2.05, 4.69) is 121 Å². The number of nitrogens with one attached hydrogen (secondary N) is 1. The zero-order chi connectivity index (χ0) is 19.6. The molecule has 1 N–H and O–H groups in total. The molecule has 3 aromatic rings. The fraction of sp³-hybridized carbons (Fsp3) is 0.200. The van der Waals surface area contributed by atoms with E-state index in [4.69, 9.17) is 0 Å². The van der Waals surface area contributed by atoms with E-state index in [1.807, 2.05) is 0 Å². The van der Waals surface area contributed by atoms with Crippen LogP contribution in [0.3, 0.4) is 0 Å². The maximum absolute atomic E-state index is 3.57. The number of nitrogens with zero attached hydrogens (tertiary/aromatic N) is 1. The number of thiophene rings is 1. The highest BCUT2D eigenvalue weighted by Crippen LogP contribution is 2.33. The molecule has 0 fully saturated rings. The van der Waals surface area contributed by atoms with E-state index in [-0.39, 0.29) is 11.5 Å². The molecule has 1 aromatic heterocycles. The number of hydrogen-bond donors (Lipinski definition) is 1. The van der Waals surface area contributed by atoms with Crippen molar-refractivity contribution in [1.29, 1.82) is 0 Å². The first-order chi connectivity index (χ1) is 13.5. The highest BCUT2D eigenvalue weighted by atomic mass is 32.1. The lowest BCUT2D eigenvalue weighted by atomic mass is 9.86. The molecule has 3 heteroatoms. The minimum absolute atomic E-state index is 0.151. The molecule has 0 aliphatic carbocycles. The van der Waals surface area contributed by atoms with Crippen LogP contribution in [0.4, 0.5) is 5.69 Å². The third kappa shape index (κ3) is 4.05. The average Bonchev–Trinajstić information content (AvgIpc) is 3.36. The van der Waals surface area contributed by atoms with Gasteiger partial charge in [-0.15, -0.1) is 0 Å². The first-order valence-corrected chi connectivity index (χ1v) is 10.6. The van der Waals surface area contributed by atoms with Crippen molar-refractivity contribution in [3.8, 4) is 0 Å². The first kappa shape index (κ1) is 18.6. The van der Waals surface area contributed by atoms with Gasteiger partial charge in [0.1, 0.15) is 0 Å². The zero-order valence-corrected chi connectivity index (χ0v) is 17.4. The van der Waals surface area contributed by atoms with Gasteiger partial charge in [0.05, 0.1) is 17.4 Å². The molecule has 1 atom stereocenters. The lowest BCUT2D eigenvalue weighted by Crippen LogP contribution is -2.34. The second kappa shape index (κ2) is 7.69. The van der Waals surface area contributed by atoms with Crippen LogP contribution in [0.2, 0.25) is 0 Å². The quantitative estimate of drug-likeness (QED) is 0.536. The van der Waals surface area contributed by atoms with Crippen LogP contribution in [0.5, 0.6) is 0 Å². The number of para-hydroxylation sites is 1. The van der Waals surface area contributed by atoms with Gasteiger partial charge in [-0.2, -0.15) is 11.3 Å². The van der Waals surface area contributed by atoms with Gasteiger partial charge in [-0.3, -0.25) is 10.4 Å². The zero-order valence-electron chi connectivity index (χ0n) is 16.6. The van der Waals surface area contributed by atoms with Crippen LogP contribution in [0.15, 0.2) is 89.3 Å². The van der Waals surface area contributed by atoms with Gasteiger partial charge >= 0.3 is 0 Å². The number of rotatable bonds is 4. The van der Waals surface area contributed by atoms with E-state index in [0.717, 1.165) is 11.4 Å². The molecule has 4 rings (SSSR count). The Morgan fingerprint density at radius 3 is 2.32 bits per heavy atom. The topological polar surface area (TPSA) is 15.3 Å². The van der Waals surface area contributed by atoms with Crippen LogP contribution >= 0.6 is 11.3 Å². The van der Waals surface area contributed by atoms with Crippen LogP contribution in [-0.4, -0.2) is 0 Å². The number of benzene rings is 2. The number of allylic oxidation sites excluding steroid dienone is 1.